The standard InChI is InChI=1S/C26H36N2O4/c1-19(2)13-28(26(30)18-31-3)16-22-15-27(14-21-8-5-6-11-25(21)29)17-24(22)20-9-7-10-23(12-20)32-4/h5-12,19,22,24,29H,13-18H2,1-4H3/t22-,24+/m1/s1. The van der Waals surface area contributed by atoms with Gasteiger partial charge in [0.25, 0.3) is 0 Å². The van der Waals surface area contributed by atoms with Crippen LogP contribution in [0, 0.1) is 11.8 Å². The van der Waals surface area contributed by atoms with Crippen molar-refractivity contribution in [2.75, 3.05) is 47.0 Å². The van der Waals surface area contributed by atoms with Gasteiger partial charge < -0.3 is 19.5 Å². The molecule has 1 aliphatic heterocycles. The molecule has 1 aliphatic rings. The van der Waals surface area contributed by atoms with E-state index in [0.29, 0.717) is 31.3 Å². The molecule has 0 aliphatic carbocycles. The molecule has 1 fully saturated rings. The lowest BCUT2D eigenvalue weighted by Crippen LogP contribution is -2.41. The van der Waals surface area contributed by atoms with E-state index < -0.39 is 0 Å². The predicted octanol–water partition coefficient (Wildman–Crippen LogP) is 3.75. The molecule has 0 unspecified atom stereocenters. The quantitative estimate of drug-likeness (QED) is 0.610. The van der Waals surface area contributed by atoms with Gasteiger partial charge in [-0.25, -0.2) is 0 Å². The number of carbonyl (C=O) groups is 1. The number of aromatic hydroxyl groups is 1. The molecular formula is C26H36N2O4. The van der Waals surface area contributed by atoms with Crippen LogP contribution in [-0.4, -0.2) is 67.8 Å². The van der Waals surface area contributed by atoms with Crippen molar-refractivity contribution < 1.29 is 19.4 Å². The zero-order chi connectivity index (χ0) is 23.1. The van der Waals surface area contributed by atoms with Gasteiger partial charge in [0.05, 0.1) is 7.11 Å². The highest BCUT2D eigenvalue weighted by Crippen LogP contribution is 2.36. The summed E-state index contributed by atoms with van der Waals surface area (Å²) in [6, 6.07) is 15.7. The number of rotatable bonds is 10. The Morgan fingerprint density at radius 1 is 1.16 bits per heavy atom. The zero-order valence-corrected chi connectivity index (χ0v) is 19.7. The second-order valence-corrected chi connectivity index (χ2v) is 9.09. The van der Waals surface area contributed by atoms with Gasteiger partial charge in [-0.3, -0.25) is 9.69 Å². The third-order valence-corrected chi connectivity index (χ3v) is 6.09. The van der Waals surface area contributed by atoms with Crippen molar-refractivity contribution in [3.8, 4) is 11.5 Å². The molecular weight excluding hydrogens is 404 g/mol. The van der Waals surface area contributed by atoms with Gasteiger partial charge in [0.1, 0.15) is 18.1 Å². The molecule has 1 amide bonds. The minimum atomic E-state index is 0.0322. The number of benzene rings is 2. The Kier molecular flexibility index (Phi) is 8.53. The normalized spacial score (nSPS) is 18.8. The summed E-state index contributed by atoms with van der Waals surface area (Å²) in [7, 11) is 3.25. The second-order valence-electron chi connectivity index (χ2n) is 9.09. The number of phenols is 1. The Morgan fingerprint density at radius 3 is 2.62 bits per heavy atom. The first-order valence-electron chi connectivity index (χ1n) is 11.3. The number of amides is 1. The highest BCUT2D eigenvalue weighted by atomic mass is 16.5. The first kappa shape index (κ1) is 24.1. The number of para-hydroxylation sites is 1. The van der Waals surface area contributed by atoms with E-state index in [9.17, 15) is 9.90 Å². The van der Waals surface area contributed by atoms with E-state index in [4.69, 9.17) is 9.47 Å². The minimum absolute atomic E-state index is 0.0322. The van der Waals surface area contributed by atoms with Crippen LogP contribution in [0.15, 0.2) is 48.5 Å². The topological polar surface area (TPSA) is 62.2 Å². The van der Waals surface area contributed by atoms with Gasteiger partial charge in [-0.05, 0) is 35.6 Å². The average molecular weight is 441 g/mol. The lowest BCUT2D eigenvalue weighted by atomic mass is 9.88. The van der Waals surface area contributed by atoms with Crippen molar-refractivity contribution in [2.45, 2.75) is 26.3 Å². The Balaban J connectivity index is 1.84. The van der Waals surface area contributed by atoms with Crippen molar-refractivity contribution in [2.24, 2.45) is 11.8 Å². The van der Waals surface area contributed by atoms with Crippen LogP contribution in [0.5, 0.6) is 11.5 Å². The fourth-order valence-electron chi connectivity index (χ4n) is 4.63. The molecule has 0 saturated carbocycles. The monoisotopic (exact) mass is 440 g/mol. The van der Waals surface area contributed by atoms with E-state index >= 15 is 0 Å². The Bertz CT molecular complexity index is 886. The van der Waals surface area contributed by atoms with Crippen molar-refractivity contribution >= 4 is 5.91 Å². The number of likely N-dealkylation sites (tertiary alicyclic amines) is 1. The number of hydrogen-bond donors (Lipinski definition) is 1. The summed E-state index contributed by atoms with van der Waals surface area (Å²) in [5, 5.41) is 10.3. The number of phenolic OH excluding ortho intramolecular Hbond substituents is 1. The van der Waals surface area contributed by atoms with Crippen molar-refractivity contribution in [3.05, 3.63) is 59.7 Å². The molecule has 3 rings (SSSR count). The summed E-state index contributed by atoms with van der Waals surface area (Å²) in [5.74, 6) is 2.11. The molecule has 2 aromatic carbocycles. The van der Waals surface area contributed by atoms with Gasteiger partial charge >= 0.3 is 0 Å². The lowest BCUT2D eigenvalue weighted by molar-refractivity contribution is -0.136. The van der Waals surface area contributed by atoms with Gasteiger partial charge in [-0.2, -0.15) is 0 Å². The molecule has 1 saturated heterocycles. The summed E-state index contributed by atoms with van der Waals surface area (Å²) in [6.45, 7) is 8.15. The maximum absolute atomic E-state index is 12.8. The summed E-state index contributed by atoms with van der Waals surface area (Å²) < 4.78 is 10.6. The van der Waals surface area contributed by atoms with Gasteiger partial charge in [-0.15, -0.1) is 0 Å². The van der Waals surface area contributed by atoms with E-state index in [1.807, 2.05) is 35.2 Å². The number of nitrogens with zero attached hydrogens (tertiary/aromatic N) is 2. The van der Waals surface area contributed by atoms with Crippen molar-refractivity contribution in [1.29, 1.82) is 0 Å². The van der Waals surface area contributed by atoms with E-state index in [-0.39, 0.29) is 24.3 Å². The second kappa shape index (κ2) is 11.3. The van der Waals surface area contributed by atoms with Crippen LogP contribution in [0.3, 0.4) is 0 Å². The summed E-state index contributed by atoms with van der Waals surface area (Å²) in [5.41, 5.74) is 2.14. The average Bonchev–Trinajstić information content (AvgIpc) is 3.17. The number of ether oxygens (including phenoxy) is 2. The van der Waals surface area contributed by atoms with Crippen molar-refractivity contribution in [3.63, 3.8) is 0 Å². The molecule has 0 radical (unpaired) electrons. The van der Waals surface area contributed by atoms with Gasteiger partial charge in [0.2, 0.25) is 5.91 Å². The first-order chi connectivity index (χ1) is 15.4. The Morgan fingerprint density at radius 2 is 1.94 bits per heavy atom. The molecule has 0 aromatic heterocycles. The molecule has 2 atom stereocenters. The van der Waals surface area contributed by atoms with E-state index in [1.165, 1.54) is 5.56 Å². The summed E-state index contributed by atoms with van der Waals surface area (Å²) in [6.07, 6.45) is 0. The van der Waals surface area contributed by atoms with Crippen LogP contribution in [0.2, 0.25) is 0 Å². The molecule has 0 spiro atoms. The summed E-state index contributed by atoms with van der Waals surface area (Å²) >= 11 is 0. The molecule has 1 N–H and O–H groups in total. The fraction of sp³-hybridized carbons (Fsp3) is 0.500. The Labute approximate surface area is 191 Å². The number of hydrogen-bond acceptors (Lipinski definition) is 5. The van der Waals surface area contributed by atoms with Gasteiger partial charge in [-0.1, -0.05) is 44.2 Å². The summed E-state index contributed by atoms with van der Waals surface area (Å²) in [4.78, 5) is 17.1. The molecule has 6 nitrogen and oxygen atoms in total. The van der Waals surface area contributed by atoms with Crippen LogP contribution < -0.4 is 4.74 Å². The van der Waals surface area contributed by atoms with Crippen molar-refractivity contribution in [1.82, 2.24) is 9.80 Å². The predicted molar refractivity (Wildman–Crippen MR) is 126 cm³/mol. The maximum Gasteiger partial charge on any atom is 0.248 e. The van der Waals surface area contributed by atoms with Crippen LogP contribution in [0.1, 0.15) is 30.9 Å². The molecule has 0 bridgehead atoms. The van der Waals surface area contributed by atoms with E-state index in [0.717, 1.165) is 24.4 Å². The third kappa shape index (κ3) is 6.24. The van der Waals surface area contributed by atoms with E-state index in [1.54, 1.807) is 20.3 Å². The number of methoxy groups -OCH3 is 2. The molecule has 1 heterocycles. The van der Waals surface area contributed by atoms with Crippen LogP contribution in [0.25, 0.3) is 0 Å². The minimum Gasteiger partial charge on any atom is -0.508 e. The molecule has 32 heavy (non-hydrogen) atoms. The van der Waals surface area contributed by atoms with Crippen LogP contribution >= 0.6 is 0 Å². The molecule has 2 aromatic rings. The lowest BCUT2D eigenvalue weighted by Gasteiger charge is -2.30. The largest absolute Gasteiger partial charge is 0.508 e. The highest BCUT2D eigenvalue weighted by Gasteiger charge is 2.36. The third-order valence-electron chi connectivity index (χ3n) is 6.09. The van der Waals surface area contributed by atoms with Crippen LogP contribution in [-0.2, 0) is 16.1 Å². The van der Waals surface area contributed by atoms with Gasteiger partial charge in [0.15, 0.2) is 0 Å². The zero-order valence-electron chi connectivity index (χ0n) is 19.7. The Hall–Kier alpha value is -2.57. The van der Waals surface area contributed by atoms with E-state index in [2.05, 4.69) is 30.9 Å². The molecule has 6 heteroatoms. The number of carbonyl (C=O) groups excluding carboxylic acids is 1. The first-order valence-corrected chi connectivity index (χ1v) is 11.3. The maximum atomic E-state index is 12.8. The van der Waals surface area contributed by atoms with Gasteiger partial charge in [0, 0.05) is 51.3 Å². The highest BCUT2D eigenvalue weighted by molar-refractivity contribution is 5.77. The smallest absolute Gasteiger partial charge is 0.248 e. The SMILES string of the molecule is COCC(=O)N(CC(C)C)C[C@H]1CN(Cc2ccccc2O)C[C@H]1c1cccc(OC)c1. The van der Waals surface area contributed by atoms with Crippen LogP contribution in [0.4, 0.5) is 0 Å². The fourth-order valence-corrected chi connectivity index (χ4v) is 4.63. The molecule has 174 valence electrons.